The molecule has 3 N–H and O–H groups in total. The highest BCUT2D eigenvalue weighted by atomic mass is 32.1. The number of ether oxygens (including phenoxy) is 3. The number of nitrogens with one attached hydrogen (secondary N) is 1. The minimum absolute atomic E-state index is 0.0857. The smallest absolute Gasteiger partial charge is 0.255 e. The van der Waals surface area contributed by atoms with Crippen molar-refractivity contribution in [3.63, 3.8) is 0 Å². The van der Waals surface area contributed by atoms with Crippen LogP contribution in [0.2, 0.25) is 0 Å². The number of aryl methyl sites for hydroxylation is 1. The lowest BCUT2D eigenvalue weighted by molar-refractivity contribution is -0.135. The van der Waals surface area contributed by atoms with E-state index in [1.807, 2.05) is 48.5 Å². The Morgan fingerprint density at radius 1 is 1.09 bits per heavy atom. The van der Waals surface area contributed by atoms with Crippen LogP contribution in [0.5, 0.6) is 17.2 Å². The van der Waals surface area contributed by atoms with Gasteiger partial charge in [-0.2, -0.15) is 0 Å². The number of amides is 3. The first-order valence-corrected chi connectivity index (χ1v) is 15.6. The average molecular weight is 630 g/mol. The van der Waals surface area contributed by atoms with Crippen LogP contribution in [0.15, 0.2) is 60.7 Å². The number of rotatable bonds is 2. The summed E-state index contributed by atoms with van der Waals surface area (Å²) < 4.78 is 18.9. The molecule has 12 heteroatoms. The molecular weight excluding hydrogens is 594 g/mol. The molecule has 1 aromatic heterocycles. The summed E-state index contributed by atoms with van der Waals surface area (Å²) >= 11 is 1.28. The van der Waals surface area contributed by atoms with Gasteiger partial charge >= 0.3 is 0 Å². The molecule has 0 radical (unpaired) electrons. The van der Waals surface area contributed by atoms with Gasteiger partial charge in [0, 0.05) is 26.6 Å². The van der Waals surface area contributed by atoms with Gasteiger partial charge < -0.3 is 35.1 Å². The number of carbonyl (C=O) groups is 3. The van der Waals surface area contributed by atoms with Crippen LogP contribution in [0.1, 0.15) is 34.3 Å². The topological polar surface area (TPSA) is 136 Å². The minimum atomic E-state index is -0.502. The maximum absolute atomic E-state index is 13.8. The van der Waals surface area contributed by atoms with Crippen LogP contribution < -0.4 is 20.5 Å². The van der Waals surface area contributed by atoms with Crippen molar-refractivity contribution in [2.24, 2.45) is 0 Å². The van der Waals surface area contributed by atoms with Crippen LogP contribution in [-0.4, -0.2) is 78.4 Å². The second kappa shape index (κ2) is 13.1. The molecule has 0 spiro atoms. The first kappa shape index (κ1) is 30.4. The second-order valence-electron chi connectivity index (χ2n) is 11.3. The van der Waals surface area contributed by atoms with Crippen LogP contribution >= 0.6 is 11.3 Å². The highest BCUT2D eigenvalue weighted by Crippen LogP contribution is 2.34. The molecule has 3 aliphatic heterocycles. The van der Waals surface area contributed by atoms with Crippen LogP contribution in [-0.2, 0) is 27.4 Å². The predicted octanol–water partition coefficient (Wildman–Crippen LogP) is 4.00. The van der Waals surface area contributed by atoms with E-state index < -0.39 is 6.10 Å². The van der Waals surface area contributed by atoms with E-state index in [4.69, 9.17) is 19.9 Å². The quantitative estimate of drug-likeness (QED) is 0.340. The highest BCUT2D eigenvalue weighted by molar-refractivity contribution is 7.22. The first-order valence-electron chi connectivity index (χ1n) is 14.8. The molecule has 45 heavy (non-hydrogen) atoms. The Morgan fingerprint density at radius 3 is 2.78 bits per heavy atom. The number of anilines is 1. The van der Waals surface area contributed by atoms with Gasteiger partial charge in [-0.1, -0.05) is 35.6 Å². The number of hydrogen-bond donors (Lipinski definition) is 2. The van der Waals surface area contributed by atoms with Gasteiger partial charge in [0.05, 0.1) is 48.2 Å². The number of nitrogen functional groups attached to an aromatic ring is 1. The monoisotopic (exact) mass is 629 g/mol. The van der Waals surface area contributed by atoms with E-state index >= 15 is 0 Å². The molecule has 3 aliphatic rings. The Kier molecular flexibility index (Phi) is 8.85. The zero-order valence-corrected chi connectivity index (χ0v) is 26.0. The van der Waals surface area contributed by atoms with Crippen molar-refractivity contribution in [2.75, 3.05) is 39.5 Å². The molecule has 234 valence electrons. The maximum atomic E-state index is 13.8. The third-order valence-corrected chi connectivity index (χ3v) is 9.04. The van der Waals surface area contributed by atoms with Crippen molar-refractivity contribution in [1.29, 1.82) is 0 Å². The molecule has 1 saturated heterocycles. The van der Waals surface area contributed by atoms with E-state index in [1.54, 1.807) is 31.2 Å². The van der Waals surface area contributed by atoms with Gasteiger partial charge in [0.15, 0.2) is 16.6 Å². The van der Waals surface area contributed by atoms with Gasteiger partial charge in [0.2, 0.25) is 11.8 Å². The molecule has 0 unspecified atom stereocenters. The van der Waals surface area contributed by atoms with E-state index in [0.717, 1.165) is 15.8 Å². The molecule has 7 rings (SSSR count). The molecule has 0 saturated carbocycles. The Balaban J connectivity index is 1.26. The van der Waals surface area contributed by atoms with E-state index in [1.165, 1.54) is 16.2 Å². The Bertz CT molecular complexity index is 1740. The van der Waals surface area contributed by atoms with Crippen LogP contribution in [0, 0.1) is 0 Å². The molecule has 2 atom stereocenters. The number of nitrogens with zero attached hydrogens (tertiary/aromatic N) is 3. The number of methoxy groups -OCH3 is 1. The van der Waals surface area contributed by atoms with Crippen molar-refractivity contribution < 1.29 is 28.6 Å². The lowest BCUT2D eigenvalue weighted by atomic mass is 10.00. The number of likely N-dealkylation sites (tertiary alicyclic amines) is 1. The summed E-state index contributed by atoms with van der Waals surface area (Å²) in [6.07, 6.45) is 0.704. The number of hydrogen-bond acceptors (Lipinski definition) is 9. The summed E-state index contributed by atoms with van der Waals surface area (Å²) in [5, 5.41) is 3.47. The van der Waals surface area contributed by atoms with Crippen molar-refractivity contribution in [3.05, 3.63) is 77.4 Å². The molecule has 1 fully saturated rings. The van der Waals surface area contributed by atoms with Crippen LogP contribution in [0.25, 0.3) is 10.2 Å². The fourth-order valence-corrected chi connectivity index (χ4v) is 6.56. The fourth-order valence-electron chi connectivity index (χ4n) is 5.72. The van der Waals surface area contributed by atoms with Gasteiger partial charge in [-0.05, 0) is 60.4 Å². The Hall–Kier alpha value is -4.68. The van der Waals surface area contributed by atoms with Crippen molar-refractivity contribution in [2.45, 2.75) is 38.0 Å². The number of thiazole rings is 1. The van der Waals surface area contributed by atoms with Crippen LogP contribution in [0.3, 0.4) is 0 Å². The number of carbonyl (C=O) groups excluding carboxylic acids is 3. The Morgan fingerprint density at radius 2 is 1.93 bits per heavy atom. The third-order valence-electron chi connectivity index (χ3n) is 8.11. The first-order chi connectivity index (χ1) is 21.8. The minimum Gasteiger partial charge on any atom is -0.493 e. The summed E-state index contributed by atoms with van der Waals surface area (Å²) in [5.74, 6) is 1.14. The summed E-state index contributed by atoms with van der Waals surface area (Å²) in [6.45, 7) is 0.831. The zero-order valence-electron chi connectivity index (χ0n) is 25.2. The molecule has 11 nitrogen and oxygen atoms in total. The van der Waals surface area contributed by atoms with Gasteiger partial charge in [0.25, 0.3) is 5.91 Å². The number of nitrogens with two attached hydrogens (primary N) is 1. The highest BCUT2D eigenvalue weighted by Gasteiger charge is 2.34. The maximum Gasteiger partial charge on any atom is 0.255 e. The normalized spacial score (nSPS) is 19.6. The summed E-state index contributed by atoms with van der Waals surface area (Å²) in [6, 6.07) is 18.2. The molecule has 3 amide bonds. The van der Waals surface area contributed by atoms with E-state index in [-0.39, 0.29) is 49.9 Å². The summed E-state index contributed by atoms with van der Waals surface area (Å²) in [7, 11) is 3.20. The van der Waals surface area contributed by atoms with Crippen molar-refractivity contribution in [3.8, 4) is 17.2 Å². The summed E-state index contributed by atoms with van der Waals surface area (Å²) in [5.41, 5.74) is 8.94. The van der Waals surface area contributed by atoms with Gasteiger partial charge in [-0.15, -0.1) is 0 Å². The fraction of sp³-hybridized carbons (Fsp3) is 0.333. The molecule has 4 heterocycles. The van der Waals surface area contributed by atoms with E-state index in [2.05, 4.69) is 10.3 Å². The third kappa shape index (κ3) is 6.86. The van der Waals surface area contributed by atoms with Crippen molar-refractivity contribution in [1.82, 2.24) is 20.1 Å². The van der Waals surface area contributed by atoms with Crippen LogP contribution in [0.4, 0.5) is 5.13 Å². The number of likely N-dealkylation sites (N-methyl/N-ethyl adjacent to an activating group) is 1. The number of piperidine rings is 1. The molecular formula is C33H35N5O6S. The lowest BCUT2D eigenvalue weighted by Gasteiger charge is -2.39. The Labute approximate surface area is 264 Å². The van der Waals surface area contributed by atoms with E-state index in [9.17, 15) is 14.4 Å². The number of fused-ring (bicyclic) bond motifs is 10. The largest absolute Gasteiger partial charge is 0.493 e. The van der Waals surface area contributed by atoms with Gasteiger partial charge in [-0.3, -0.25) is 14.4 Å². The van der Waals surface area contributed by atoms with E-state index in [0.29, 0.717) is 52.8 Å². The number of benzene rings is 3. The van der Waals surface area contributed by atoms with Crippen molar-refractivity contribution >= 4 is 44.4 Å². The van der Waals surface area contributed by atoms with Gasteiger partial charge in [-0.25, -0.2) is 4.98 Å². The number of aromatic nitrogens is 1. The SMILES string of the molecule is COc1cc2ccc1Oc1cccc(c1)CO[C@H]1CN(C(=O)c3cccc4nc(N)sc34)CC[C@@H]1NC(=O)CN(C)C(=O)CC2. The lowest BCUT2D eigenvalue weighted by Crippen LogP contribution is -2.57. The molecule has 3 aromatic carbocycles. The van der Waals surface area contributed by atoms with Gasteiger partial charge in [0.1, 0.15) is 5.75 Å². The molecule has 0 aliphatic carbocycles. The predicted molar refractivity (Wildman–Crippen MR) is 171 cm³/mol. The zero-order chi connectivity index (χ0) is 31.5. The standard InChI is InChI=1S/C33H35N5O6S/c1-37-18-29(39)35-24-13-14-38(32(41)23-7-4-8-25-31(23)45-33(34)36-25)17-28(24)43-19-21-5-3-6-22(15-21)44-26-11-9-20(10-12-30(37)40)16-27(26)42-2/h3-9,11,15-16,24,28H,10,12-14,17-19H2,1-2H3,(H2,34,36)(H,35,39)/t24-,28-/m0/s1. The second-order valence-corrected chi connectivity index (χ2v) is 12.3. The average Bonchev–Trinajstić information content (AvgIpc) is 3.43. The summed E-state index contributed by atoms with van der Waals surface area (Å²) in [4.78, 5) is 47.3. The molecule has 4 bridgehead atoms. The molecule has 4 aromatic rings.